The van der Waals surface area contributed by atoms with E-state index < -0.39 is 17.6 Å². The van der Waals surface area contributed by atoms with Crippen LogP contribution in [0.25, 0.3) is 0 Å². The predicted octanol–water partition coefficient (Wildman–Crippen LogP) is 2.61. The highest BCUT2D eigenvalue weighted by Crippen LogP contribution is 2.33. The number of carbonyl (C=O) groups is 1. The average Bonchev–Trinajstić information content (AvgIpc) is 2.38. The monoisotopic (exact) mass is 324 g/mol. The van der Waals surface area contributed by atoms with E-state index in [-0.39, 0.29) is 29.9 Å². The molecule has 0 aliphatic carbocycles. The molecule has 1 unspecified atom stereocenters. The number of hydrogen-bond acceptors (Lipinski definition) is 3. The number of aliphatic hydroxyl groups is 1. The van der Waals surface area contributed by atoms with Crippen molar-refractivity contribution in [3.8, 4) is 0 Å². The molecule has 1 rings (SSSR count). The van der Waals surface area contributed by atoms with Crippen LogP contribution in [-0.2, 0) is 11.0 Å². The van der Waals surface area contributed by atoms with E-state index in [1.165, 1.54) is 0 Å². The van der Waals surface area contributed by atoms with E-state index in [0.29, 0.717) is 0 Å². The zero-order valence-corrected chi connectivity index (χ0v) is 12.3. The van der Waals surface area contributed by atoms with Gasteiger partial charge in [0, 0.05) is 6.04 Å². The number of alkyl halides is 3. The molecule has 0 saturated heterocycles. The van der Waals surface area contributed by atoms with Crippen LogP contribution in [0.1, 0.15) is 12.5 Å². The van der Waals surface area contributed by atoms with Gasteiger partial charge >= 0.3 is 6.18 Å². The van der Waals surface area contributed by atoms with Gasteiger partial charge in [-0.3, -0.25) is 9.69 Å². The van der Waals surface area contributed by atoms with Crippen LogP contribution in [0, 0.1) is 0 Å². The lowest BCUT2D eigenvalue weighted by molar-refractivity contribution is -0.137. The van der Waals surface area contributed by atoms with Gasteiger partial charge in [0.15, 0.2) is 0 Å². The summed E-state index contributed by atoms with van der Waals surface area (Å²) < 4.78 is 37.8. The Morgan fingerprint density at radius 3 is 2.62 bits per heavy atom. The molecule has 1 aromatic carbocycles. The highest BCUT2D eigenvalue weighted by Gasteiger charge is 2.31. The van der Waals surface area contributed by atoms with Gasteiger partial charge in [0.2, 0.25) is 5.91 Å². The molecule has 0 fully saturated rings. The summed E-state index contributed by atoms with van der Waals surface area (Å²) in [7, 11) is 1.62. The second kappa shape index (κ2) is 7.11. The Hall–Kier alpha value is -1.31. The Morgan fingerprint density at radius 2 is 2.10 bits per heavy atom. The van der Waals surface area contributed by atoms with E-state index in [1.54, 1.807) is 18.9 Å². The van der Waals surface area contributed by atoms with Crippen LogP contribution in [0.5, 0.6) is 0 Å². The first kappa shape index (κ1) is 17.7. The van der Waals surface area contributed by atoms with Crippen molar-refractivity contribution in [2.24, 2.45) is 0 Å². The van der Waals surface area contributed by atoms with E-state index in [2.05, 4.69) is 5.32 Å². The summed E-state index contributed by atoms with van der Waals surface area (Å²) in [6.45, 7) is 1.51. The number of hydrogen-bond donors (Lipinski definition) is 2. The van der Waals surface area contributed by atoms with Crippen LogP contribution in [0.4, 0.5) is 18.9 Å². The molecule has 2 N–H and O–H groups in total. The topological polar surface area (TPSA) is 52.6 Å². The fourth-order valence-corrected chi connectivity index (χ4v) is 1.67. The lowest BCUT2D eigenvalue weighted by Gasteiger charge is -2.22. The Labute approximate surface area is 125 Å². The largest absolute Gasteiger partial charge is 0.416 e. The van der Waals surface area contributed by atoms with Gasteiger partial charge in [-0.1, -0.05) is 11.6 Å². The average molecular weight is 325 g/mol. The predicted molar refractivity (Wildman–Crippen MR) is 74.3 cm³/mol. The Kier molecular flexibility index (Phi) is 6.00. The Bertz CT molecular complexity index is 509. The number of rotatable bonds is 5. The first-order valence-corrected chi connectivity index (χ1v) is 6.50. The third-order valence-corrected chi connectivity index (χ3v) is 3.31. The molecule has 21 heavy (non-hydrogen) atoms. The number of carbonyl (C=O) groups excluding carboxylic acids is 1. The quantitative estimate of drug-likeness (QED) is 0.875. The van der Waals surface area contributed by atoms with Crippen LogP contribution in [0.3, 0.4) is 0 Å². The lowest BCUT2D eigenvalue weighted by Crippen LogP contribution is -2.38. The summed E-state index contributed by atoms with van der Waals surface area (Å²) in [5, 5.41) is 11.3. The van der Waals surface area contributed by atoms with Gasteiger partial charge in [0.25, 0.3) is 0 Å². The Balaban J connectivity index is 2.81. The molecule has 0 aromatic heterocycles. The fraction of sp³-hybridized carbons (Fsp3) is 0.462. The van der Waals surface area contributed by atoms with E-state index in [1.807, 2.05) is 0 Å². The van der Waals surface area contributed by atoms with Gasteiger partial charge in [-0.05, 0) is 32.2 Å². The normalized spacial score (nSPS) is 13.3. The molecule has 1 aromatic rings. The number of benzene rings is 1. The minimum Gasteiger partial charge on any atom is -0.395 e. The highest BCUT2D eigenvalue weighted by atomic mass is 35.5. The maximum Gasteiger partial charge on any atom is 0.416 e. The molecule has 1 atom stereocenters. The molecule has 0 saturated carbocycles. The van der Waals surface area contributed by atoms with Crippen LogP contribution in [-0.4, -0.2) is 42.2 Å². The van der Waals surface area contributed by atoms with Crippen molar-refractivity contribution in [3.05, 3.63) is 28.8 Å². The number of nitrogens with one attached hydrogen (secondary N) is 1. The van der Waals surface area contributed by atoms with Crippen molar-refractivity contribution >= 4 is 23.2 Å². The Morgan fingerprint density at radius 1 is 1.48 bits per heavy atom. The van der Waals surface area contributed by atoms with Crippen molar-refractivity contribution < 1.29 is 23.1 Å². The van der Waals surface area contributed by atoms with Crippen LogP contribution in [0.2, 0.25) is 5.02 Å². The van der Waals surface area contributed by atoms with Gasteiger partial charge in [-0.15, -0.1) is 0 Å². The summed E-state index contributed by atoms with van der Waals surface area (Å²) >= 11 is 5.78. The van der Waals surface area contributed by atoms with Crippen molar-refractivity contribution in [1.29, 1.82) is 0 Å². The van der Waals surface area contributed by atoms with E-state index >= 15 is 0 Å². The maximum absolute atomic E-state index is 12.6. The maximum atomic E-state index is 12.6. The van der Waals surface area contributed by atoms with Crippen LogP contribution in [0.15, 0.2) is 18.2 Å². The fourth-order valence-electron chi connectivity index (χ4n) is 1.51. The van der Waals surface area contributed by atoms with Crippen molar-refractivity contribution in [2.75, 3.05) is 25.5 Å². The third-order valence-electron chi connectivity index (χ3n) is 2.98. The summed E-state index contributed by atoms with van der Waals surface area (Å²) in [6, 6.07) is 2.47. The van der Waals surface area contributed by atoms with Crippen molar-refractivity contribution in [2.45, 2.75) is 19.1 Å². The second-order valence-electron chi connectivity index (χ2n) is 4.69. The molecule has 1 amide bonds. The standard InChI is InChI=1S/C13H16ClF3N2O2/c1-8(7-20)19(2)6-12(21)18-11-5-9(13(15,16)17)3-4-10(11)14/h3-5,8,20H,6-7H2,1-2H3,(H,18,21). The molecule has 0 radical (unpaired) electrons. The van der Waals surface area contributed by atoms with Gasteiger partial charge < -0.3 is 10.4 Å². The van der Waals surface area contributed by atoms with Gasteiger partial charge in [-0.2, -0.15) is 13.2 Å². The molecular formula is C13H16ClF3N2O2. The number of nitrogens with zero attached hydrogens (tertiary/aromatic N) is 1. The highest BCUT2D eigenvalue weighted by molar-refractivity contribution is 6.33. The first-order chi connectivity index (χ1) is 9.65. The number of aliphatic hydroxyl groups excluding tert-OH is 1. The summed E-state index contributed by atoms with van der Waals surface area (Å²) in [6.07, 6.45) is -4.51. The van der Waals surface area contributed by atoms with Crippen LogP contribution >= 0.6 is 11.6 Å². The number of anilines is 1. The number of halogens is 4. The molecule has 118 valence electrons. The minimum atomic E-state index is -4.51. The molecule has 0 aliphatic rings. The summed E-state index contributed by atoms with van der Waals surface area (Å²) in [5.41, 5.74) is -0.985. The number of amides is 1. The van der Waals surface area contributed by atoms with Crippen molar-refractivity contribution in [1.82, 2.24) is 4.90 Å². The molecular weight excluding hydrogens is 309 g/mol. The van der Waals surface area contributed by atoms with Gasteiger partial charge in [0.05, 0.1) is 29.4 Å². The van der Waals surface area contributed by atoms with Gasteiger partial charge in [0.1, 0.15) is 0 Å². The third kappa shape index (κ3) is 5.18. The molecule has 0 spiro atoms. The van der Waals surface area contributed by atoms with E-state index in [9.17, 15) is 18.0 Å². The zero-order valence-electron chi connectivity index (χ0n) is 11.5. The summed E-state index contributed by atoms with van der Waals surface area (Å²) in [4.78, 5) is 13.3. The second-order valence-corrected chi connectivity index (χ2v) is 5.09. The molecule has 0 aliphatic heterocycles. The van der Waals surface area contributed by atoms with Crippen LogP contribution < -0.4 is 5.32 Å². The molecule has 4 nitrogen and oxygen atoms in total. The van der Waals surface area contributed by atoms with E-state index in [0.717, 1.165) is 18.2 Å². The van der Waals surface area contributed by atoms with E-state index in [4.69, 9.17) is 16.7 Å². The minimum absolute atomic E-state index is 0.0224. The molecule has 8 heteroatoms. The zero-order chi connectivity index (χ0) is 16.2. The number of likely N-dealkylation sites (N-methyl/N-ethyl adjacent to an activating group) is 1. The summed E-state index contributed by atoms with van der Waals surface area (Å²) in [5.74, 6) is -0.515. The first-order valence-electron chi connectivity index (χ1n) is 6.13. The smallest absolute Gasteiger partial charge is 0.395 e. The molecule has 0 heterocycles. The van der Waals surface area contributed by atoms with Gasteiger partial charge in [-0.25, -0.2) is 0 Å². The van der Waals surface area contributed by atoms with Crippen molar-refractivity contribution in [3.63, 3.8) is 0 Å². The lowest BCUT2D eigenvalue weighted by atomic mass is 10.2. The molecule has 0 bridgehead atoms. The SMILES string of the molecule is CC(CO)N(C)CC(=O)Nc1cc(C(F)(F)F)ccc1Cl.